The number of piperazine rings is 1. The third-order valence-corrected chi connectivity index (χ3v) is 13.7. The molecule has 1 aliphatic heterocycles. The van der Waals surface area contributed by atoms with E-state index < -0.39 is 39.9 Å². The molecule has 380 valence electrons. The Bertz CT molecular complexity index is 2370. The van der Waals surface area contributed by atoms with Crippen LogP contribution < -0.4 is 19.7 Å². The number of fused-ring (bicyclic) bond motifs is 1. The molecule has 1 N–H and O–H groups in total. The molecule has 5 rings (SSSR count). The lowest BCUT2D eigenvalue weighted by Crippen LogP contribution is -2.63. The zero-order valence-electron chi connectivity index (χ0n) is 39.1. The highest BCUT2D eigenvalue weighted by atomic mass is 35.5. The molecule has 0 spiro atoms. The molecule has 2 amide bonds. The molecule has 1 aliphatic carbocycles. The van der Waals surface area contributed by atoms with E-state index in [0.717, 1.165) is 46.9 Å². The van der Waals surface area contributed by atoms with Gasteiger partial charge in [0.2, 0.25) is 15.9 Å². The van der Waals surface area contributed by atoms with Crippen molar-refractivity contribution in [2.24, 2.45) is 0 Å². The van der Waals surface area contributed by atoms with E-state index in [1.54, 1.807) is 11.0 Å². The number of benzene rings is 2. The Morgan fingerprint density at radius 1 is 0.853 bits per heavy atom. The predicted octanol–water partition coefficient (Wildman–Crippen LogP) is 4.55. The maximum absolute atomic E-state index is 14.3. The number of aliphatic carboxylic acids is 2. The molecule has 2 aromatic carbocycles. The van der Waals surface area contributed by atoms with Crippen LogP contribution in [-0.2, 0) is 35.8 Å². The number of pyridine rings is 1. The van der Waals surface area contributed by atoms with Crippen LogP contribution in [0.15, 0.2) is 41.3 Å². The van der Waals surface area contributed by atoms with Crippen molar-refractivity contribution in [1.82, 2.24) is 19.5 Å². The lowest BCUT2D eigenvalue weighted by molar-refractivity contribution is -0.887. The molecule has 2 fully saturated rings. The molecule has 1 saturated carbocycles. The Morgan fingerprint density at radius 2 is 1.38 bits per heavy atom. The summed E-state index contributed by atoms with van der Waals surface area (Å²) in [7, 11) is 8.43. The van der Waals surface area contributed by atoms with Crippen LogP contribution in [0.25, 0.3) is 10.9 Å². The number of carbonyl (C=O) groups excluding carboxylic acids is 4. The third kappa shape index (κ3) is 16.0. The number of nitrogens with one attached hydrogen (secondary N) is 1. The number of halogens is 8. The van der Waals surface area contributed by atoms with Crippen LogP contribution in [0.3, 0.4) is 0 Å². The highest BCUT2D eigenvalue weighted by Crippen LogP contribution is 2.37. The summed E-state index contributed by atoms with van der Waals surface area (Å²) in [5, 5.41) is 18.7. The first-order valence-electron chi connectivity index (χ1n) is 21.4. The van der Waals surface area contributed by atoms with Crippen molar-refractivity contribution in [3.8, 4) is 5.75 Å². The van der Waals surface area contributed by atoms with Gasteiger partial charge in [0.25, 0.3) is 5.91 Å². The zero-order valence-corrected chi connectivity index (χ0v) is 41.4. The standard InChI is InChI=1S/C40H58Cl2N6O5S.2C2HF3O2/c1-28-26-29(2)43-37-30(28)14-13-16-34(37)53-27-31-32(41)17-18-35(36(31)42)54(51,52)44-40(19-10-11-20-40)39(50)46-23-21-45(22-24-46)38(49)33(48(6,7)8)15-9-12-25-47(3,4)5;2*3-2(4,5)1(6)7/h13-14,16-18,26,33,44H,9-12,15,19-25,27H2,1-8H3;2*(H,6,7)/q+2;;/p-2/t33-;;/m0../s1. The summed E-state index contributed by atoms with van der Waals surface area (Å²) < 4.78 is 102. The normalized spacial score (nSPS) is 16.0. The van der Waals surface area contributed by atoms with Gasteiger partial charge in [-0.2, -0.15) is 31.1 Å². The van der Waals surface area contributed by atoms with Gasteiger partial charge in [-0.1, -0.05) is 48.2 Å². The summed E-state index contributed by atoms with van der Waals surface area (Å²) in [6.45, 7) is 6.37. The fraction of sp³-hybridized carbons (Fsp3) is 0.568. The Kier molecular flexibility index (Phi) is 19.5. The number of aryl methyl sites for hydroxylation is 2. The number of para-hydroxylation sites is 1. The van der Waals surface area contributed by atoms with Crippen LogP contribution in [-0.4, -0.2) is 155 Å². The summed E-state index contributed by atoms with van der Waals surface area (Å²) in [6.07, 6.45) is -5.42. The number of sulfonamides is 1. The Morgan fingerprint density at radius 3 is 1.88 bits per heavy atom. The minimum Gasteiger partial charge on any atom is -0.542 e. The smallest absolute Gasteiger partial charge is 0.430 e. The molecule has 1 saturated heterocycles. The molecular formula is C44H58Cl2F6N6O9S. The largest absolute Gasteiger partial charge is 0.542 e. The van der Waals surface area contributed by atoms with Crippen molar-refractivity contribution in [3.05, 3.63) is 63.3 Å². The second-order valence-electron chi connectivity index (χ2n) is 18.6. The van der Waals surface area contributed by atoms with Crippen molar-refractivity contribution in [1.29, 1.82) is 0 Å². The van der Waals surface area contributed by atoms with Crippen LogP contribution in [0.2, 0.25) is 10.0 Å². The number of nitrogens with zero attached hydrogens (tertiary/aromatic N) is 5. The summed E-state index contributed by atoms with van der Waals surface area (Å²) in [6, 6.07) is 10.3. The zero-order chi connectivity index (χ0) is 51.8. The van der Waals surface area contributed by atoms with Gasteiger partial charge in [0.1, 0.15) is 40.2 Å². The number of carboxylic acid groups (broad SMARTS) is 2. The minimum absolute atomic E-state index is 0.0624. The molecule has 0 radical (unpaired) electrons. The Hall–Kier alpha value is -4.48. The van der Waals surface area contributed by atoms with E-state index in [1.807, 2.05) is 36.9 Å². The summed E-state index contributed by atoms with van der Waals surface area (Å²) in [5.74, 6) is -5.64. The van der Waals surface area contributed by atoms with Gasteiger partial charge in [0, 0.05) is 54.3 Å². The molecule has 0 bridgehead atoms. The number of hydrogen-bond donors (Lipinski definition) is 1. The first-order valence-corrected chi connectivity index (χ1v) is 23.6. The number of quaternary nitrogens is 2. The van der Waals surface area contributed by atoms with Crippen LogP contribution in [0.1, 0.15) is 61.8 Å². The van der Waals surface area contributed by atoms with Gasteiger partial charge in [0.05, 0.1) is 53.9 Å². The van der Waals surface area contributed by atoms with Crippen LogP contribution in [0.5, 0.6) is 5.75 Å². The lowest BCUT2D eigenvalue weighted by atomic mass is 9.96. The lowest BCUT2D eigenvalue weighted by Gasteiger charge is -2.42. The number of likely N-dealkylation sites (N-methyl/N-ethyl adjacent to an activating group) is 1. The van der Waals surface area contributed by atoms with Crippen LogP contribution in [0, 0.1) is 13.8 Å². The van der Waals surface area contributed by atoms with Crippen molar-refractivity contribution in [2.75, 3.05) is 75.0 Å². The molecule has 68 heavy (non-hydrogen) atoms. The number of rotatable bonds is 14. The predicted molar refractivity (Wildman–Crippen MR) is 237 cm³/mol. The van der Waals surface area contributed by atoms with Crippen molar-refractivity contribution < 1.29 is 77.9 Å². The number of alkyl halides is 6. The van der Waals surface area contributed by atoms with Crippen LogP contribution >= 0.6 is 23.2 Å². The molecule has 15 nitrogen and oxygen atoms in total. The SMILES string of the molecule is Cc1cc(C)c2cccc(OCc3c(Cl)ccc(S(=O)(=O)NC4(C(=O)N5CCN(C(=O)[C@H](CCCC[N+](C)(C)C)[N+](C)(C)C)CC5)CCCC4)c3Cl)c2n1.O=C([O-])C(F)(F)F.O=C([O-])C(F)(F)F. The average Bonchev–Trinajstić information content (AvgIpc) is 3.68. The molecule has 2 heterocycles. The maximum atomic E-state index is 14.3. The second kappa shape index (κ2) is 23.0. The van der Waals surface area contributed by atoms with Gasteiger partial charge in [-0.3, -0.25) is 9.59 Å². The Balaban J connectivity index is 0.000000759. The fourth-order valence-electron chi connectivity index (χ4n) is 7.80. The molecule has 24 heteroatoms. The number of aromatic nitrogens is 1. The van der Waals surface area contributed by atoms with Gasteiger partial charge in [0.15, 0.2) is 6.04 Å². The summed E-state index contributed by atoms with van der Waals surface area (Å²) in [4.78, 5) is 53.8. The maximum Gasteiger partial charge on any atom is 0.430 e. The number of hydrogen-bond acceptors (Lipinski definition) is 10. The quantitative estimate of drug-likeness (QED) is 0.136. The molecular weight excluding hydrogens is 973 g/mol. The van der Waals surface area contributed by atoms with E-state index in [1.165, 1.54) is 12.1 Å². The fourth-order valence-corrected chi connectivity index (χ4v) is 10.1. The molecule has 1 aromatic heterocycles. The van der Waals surface area contributed by atoms with E-state index >= 15 is 0 Å². The van der Waals surface area contributed by atoms with Gasteiger partial charge >= 0.3 is 12.4 Å². The first-order chi connectivity index (χ1) is 31.1. The van der Waals surface area contributed by atoms with Gasteiger partial charge in [-0.25, -0.2) is 13.4 Å². The van der Waals surface area contributed by atoms with E-state index in [9.17, 15) is 44.3 Å². The van der Waals surface area contributed by atoms with E-state index in [0.29, 0.717) is 73.2 Å². The van der Waals surface area contributed by atoms with Gasteiger partial charge in [-0.15, -0.1) is 0 Å². The number of amides is 2. The number of ether oxygens (including phenoxy) is 1. The van der Waals surface area contributed by atoms with Crippen molar-refractivity contribution in [3.63, 3.8) is 0 Å². The molecule has 3 aromatic rings. The molecule has 1 atom stereocenters. The minimum atomic E-state index is -5.19. The first kappa shape index (κ1) is 57.8. The number of carbonyl (C=O) groups is 4. The molecule has 0 unspecified atom stereocenters. The number of carboxylic acids is 2. The van der Waals surface area contributed by atoms with Gasteiger partial charge in [-0.05, 0) is 69.4 Å². The van der Waals surface area contributed by atoms with Crippen molar-refractivity contribution in [2.45, 2.75) is 94.2 Å². The topological polar surface area (TPSA) is 189 Å². The van der Waals surface area contributed by atoms with E-state index in [4.69, 9.17) is 47.7 Å². The Labute approximate surface area is 402 Å². The highest BCUT2D eigenvalue weighted by Gasteiger charge is 2.48. The molecule has 2 aliphatic rings. The number of unbranched alkanes of at least 4 members (excludes halogenated alkanes) is 1. The third-order valence-electron chi connectivity index (χ3n) is 11.3. The van der Waals surface area contributed by atoms with Crippen molar-refractivity contribution >= 4 is 67.9 Å². The van der Waals surface area contributed by atoms with Crippen LogP contribution in [0.4, 0.5) is 26.3 Å². The second-order valence-corrected chi connectivity index (χ2v) is 21.0. The summed E-state index contributed by atoms with van der Waals surface area (Å²) in [5.41, 5.74) is 1.61. The monoisotopic (exact) mass is 1030 g/mol. The van der Waals surface area contributed by atoms with Gasteiger partial charge < -0.3 is 43.3 Å². The van der Waals surface area contributed by atoms with E-state index in [-0.39, 0.29) is 39.4 Å². The summed E-state index contributed by atoms with van der Waals surface area (Å²) >= 11 is 13.4. The van der Waals surface area contributed by atoms with E-state index in [2.05, 4.69) is 52.0 Å². The average molecular weight is 1030 g/mol. The highest BCUT2D eigenvalue weighted by molar-refractivity contribution is 7.89.